The summed E-state index contributed by atoms with van der Waals surface area (Å²) in [5, 5.41) is 2.94. The number of aromatic nitrogens is 1. The first-order valence-electron chi connectivity index (χ1n) is 9.37. The monoisotopic (exact) mass is 387 g/mol. The number of nitrogens with one attached hydrogen (secondary N) is 1. The number of hydrogen-bond donors (Lipinski definition) is 1. The number of ether oxygens (including phenoxy) is 1. The van der Waals surface area contributed by atoms with E-state index in [1.165, 1.54) is 0 Å². The third-order valence-electron chi connectivity index (χ3n) is 4.98. The summed E-state index contributed by atoms with van der Waals surface area (Å²) < 4.78 is 5.28. The van der Waals surface area contributed by atoms with Gasteiger partial charge < -0.3 is 15.0 Å². The van der Waals surface area contributed by atoms with E-state index in [1.807, 2.05) is 54.6 Å². The van der Waals surface area contributed by atoms with E-state index in [0.29, 0.717) is 24.4 Å². The topological polar surface area (TPSA) is 71.5 Å². The first-order chi connectivity index (χ1) is 14.2. The summed E-state index contributed by atoms with van der Waals surface area (Å²) in [4.78, 5) is 31.8. The molecular weight excluding hydrogens is 366 g/mol. The Balaban J connectivity index is 1.60. The molecule has 0 aliphatic carbocycles. The lowest BCUT2D eigenvalue weighted by Gasteiger charge is -2.25. The van der Waals surface area contributed by atoms with Gasteiger partial charge in [0.25, 0.3) is 5.91 Å². The molecule has 0 saturated carbocycles. The van der Waals surface area contributed by atoms with Crippen LogP contribution in [0, 0.1) is 0 Å². The van der Waals surface area contributed by atoms with Gasteiger partial charge in [0.2, 0.25) is 5.91 Å². The summed E-state index contributed by atoms with van der Waals surface area (Å²) in [7, 11) is 1.60. The summed E-state index contributed by atoms with van der Waals surface area (Å²) in [6.07, 6.45) is 3.40. The molecule has 6 nitrogen and oxygen atoms in total. The number of pyridine rings is 1. The molecule has 4 rings (SSSR count). The zero-order valence-electron chi connectivity index (χ0n) is 16.0. The first-order valence-corrected chi connectivity index (χ1v) is 9.37. The zero-order valence-corrected chi connectivity index (χ0v) is 16.0. The lowest BCUT2D eigenvalue weighted by atomic mass is 10.0. The molecule has 146 valence electrons. The molecule has 1 unspecified atom stereocenters. The van der Waals surface area contributed by atoms with Crippen LogP contribution < -0.4 is 10.1 Å². The Morgan fingerprint density at radius 2 is 1.93 bits per heavy atom. The molecule has 1 N–H and O–H groups in total. The fraction of sp³-hybridized carbons (Fsp3) is 0.174. The van der Waals surface area contributed by atoms with Gasteiger partial charge in [0.1, 0.15) is 11.8 Å². The van der Waals surface area contributed by atoms with Crippen LogP contribution in [0.25, 0.3) is 0 Å². The number of carbonyl (C=O) groups is 2. The number of amides is 2. The predicted octanol–water partition coefficient (Wildman–Crippen LogP) is 3.10. The molecule has 0 fully saturated rings. The van der Waals surface area contributed by atoms with Crippen molar-refractivity contribution in [3.8, 4) is 5.75 Å². The molecule has 0 bridgehead atoms. The van der Waals surface area contributed by atoms with Gasteiger partial charge in [-0.15, -0.1) is 0 Å². The van der Waals surface area contributed by atoms with Gasteiger partial charge in [-0.1, -0.05) is 36.4 Å². The first kappa shape index (κ1) is 18.7. The van der Waals surface area contributed by atoms with E-state index in [1.54, 1.807) is 30.5 Å². The second kappa shape index (κ2) is 8.14. The summed E-state index contributed by atoms with van der Waals surface area (Å²) in [5.41, 5.74) is 3.09. The molecule has 29 heavy (non-hydrogen) atoms. The Labute approximate surface area is 169 Å². The quantitative estimate of drug-likeness (QED) is 0.706. The van der Waals surface area contributed by atoms with Crippen molar-refractivity contribution in [2.24, 2.45) is 0 Å². The van der Waals surface area contributed by atoms with Crippen molar-refractivity contribution in [1.29, 1.82) is 0 Å². The molecule has 2 heterocycles. The van der Waals surface area contributed by atoms with Gasteiger partial charge in [0.15, 0.2) is 0 Å². The number of methoxy groups -OCH3 is 1. The van der Waals surface area contributed by atoms with Crippen molar-refractivity contribution >= 4 is 11.8 Å². The Morgan fingerprint density at radius 1 is 1.10 bits per heavy atom. The van der Waals surface area contributed by atoms with E-state index in [4.69, 9.17) is 4.74 Å². The Kier molecular flexibility index (Phi) is 5.24. The highest BCUT2D eigenvalue weighted by molar-refractivity contribution is 6.04. The fourth-order valence-electron chi connectivity index (χ4n) is 3.57. The largest absolute Gasteiger partial charge is 0.497 e. The number of benzene rings is 2. The SMILES string of the molecule is COc1cccc(CN2C(=O)c3ccccc3C2C(=O)NCc2cccnc2)c1. The van der Waals surface area contributed by atoms with Crippen LogP contribution >= 0.6 is 0 Å². The minimum absolute atomic E-state index is 0.148. The Hall–Kier alpha value is -3.67. The van der Waals surface area contributed by atoms with Crippen molar-refractivity contribution in [3.63, 3.8) is 0 Å². The van der Waals surface area contributed by atoms with Gasteiger partial charge in [0, 0.05) is 31.0 Å². The van der Waals surface area contributed by atoms with Crippen LogP contribution in [0.5, 0.6) is 5.75 Å². The molecule has 0 radical (unpaired) electrons. The van der Waals surface area contributed by atoms with Crippen molar-refractivity contribution in [2.75, 3.05) is 7.11 Å². The summed E-state index contributed by atoms with van der Waals surface area (Å²) in [6, 6.07) is 17.8. The van der Waals surface area contributed by atoms with Gasteiger partial charge in [-0.3, -0.25) is 14.6 Å². The van der Waals surface area contributed by atoms with Crippen LogP contribution in [0.3, 0.4) is 0 Å². The van der Waals surface area contributed by atoms with Crippen LogP contribution in [0.1, 0.15) is 33.1 Å². The minimum atomic E-state index is -0.679. The molecule has 2 aromatic carbocycles. The van der Waals surface area contributed by atoms with Crippen LogP contribution in [0.4, 0.5) is 0 Å². The van der Waals surface area contributed by atoms with Crippen molar-refractivity contribution in [3.05, 3.63) is 95.3 Å². The molecule has 2 amide bonds. The van der Waals surface area contributed by atoms with Gasteiger partial charge >= 0.3 is 0 Å². The highest BCUT2D eigenvalue weighted by Gasteiger charge is 2.40. The van der Waals surface area contributed by atoms with Crippen molar-refractivity contribution < 1.29 is 14.3 Å². The molecule has 1 aromatic heterocycles. The Morgan fingerprint density at radius 3 is 2.72 bits per heavy atom. The van der Waals surface area contributed by atoms with E-state index in [2.05, 4.69) is 10.3 Å². The maximum absolute atomic E-state index is 13.1. The van der Waals surface area contributed by atoms with Crippen LogP contribution in [0.2, 0.25) is 0 Å². The average molecular weight is 387 g/mol. The number of fused-ring (bicyclic) bond motifs is 1. The third-order valence-corrected chi connectivity index (χ3v) is 4.98. The fourth-order valence-corrected chi connectivity index (χ4v) is 3.57. The molecule has 6 heteroatoms. The number of hydrogen-bond acceptors (Lipinski definition) is 4. The standard InChI is InChI=1S/C23H21N3O3/c1-29-18-8-4-6-16(12-18)15-26-21(19-9-2-3-10-20(19)23(26)28)22(27)25-14-17-7-5-11-24-13-17/h2-13,21H,14-15H2,1H3,(H,25,27). The number of carbonyl (C=O) groups excluding carboxylic acids is 2. The molecule has 0 spiro atoms. The second-order valence-electron chi connectivity index (χ2n) is 6.85. The average Bonchev–Trinajstić information content (AvgIpc) is 3.05. The maximum atomic E-state index is 13.1. The summed E-state index contributed by atoms with van der Waals surface area (Å²) in [5.74, 6) is 0.351. The zero-order chi connectivity index (χ0) is 20.2. The lowest BCUT2D eigenvalue weighted by Crippen LogP contribution is -2.38. The molecule has 0 saturated heterocycles. The van der Waals surface area contributed by atoms with Gasteiger partial charge in [-0.25, -0.2) is 0 Å². The molecule has 1 aliphatic rings. The number of rotatable bonds is 6. The number of nitrogens with zero attached hydrogens (tertiary/aromatic N) is 2. The molecule has 3 aromatic rings. The molecule has 1 aliphatic heterocycles. The second-order valence-corrected chi connectivity index (χ2v) is 6.85. The lowest BCUT2D eigenvalue weighted by molar-refractivity contribution is -0.125. The highest BCUT2D eigenvalue weighted by atomic mass is 16.5. The van der Waals surface area contributed by atoms with E-state index in [-0.39, 0.29) is 11.8 Å². The molecule has 1 atom stereocenters. The predicted molar refractivity (Wildman–Crippen MR) is 108 cm³/mol. The van der Waals surface area contributed by atoms with E-state index in [9.17, 15) is 9.59 Å². The third kappa shape index (κ3) is 3.82. The van der Waals surface area contributed by atoms with Crippen LogP contribution in [-0.4, -0.2) is 28.8 Å². The van der Waals surface area contributed by atoms with Crippen LogP contribution in [0.15, 0.2) is 73.1 Å². The van der Waals surface area contributed by atoms with Gasteiger partial charge in [-0.2, -0.15) is 0 Å². The maximum Gasteiger partial charge on any atom is 0.255 e. The summed E-state index contributed by atoms with van der Waals surface area (Å²) in [6.45, 7) is 0.669. The smallest absolute Gasteiger partial charge is 0.255 e. The van der Waals surface area contributed by atoms with Crippen LogP contribution in [-0.2, 0) is 17.9 Å². The summed E-state index contributed by atoms with van der Waals surface area (Å²) >= 11 is 0. The van der Waals surface area contributed by atoms with E-state index in [0.717, 1.165) is 16.7 Å². The normalized spacial score (nSPS) is 15.1. The molecular formula is C23H21N3O3. The van der Waals surface area contributed by atoms with Crippen molar-refractivity contribution in [1.82, 2.24) is 15.2 Å². The van der Waals surface area contributed by atoms with E-state index < -0.39 is 6.04 Å². The van der Waals surface area contributed by atoms with Gasteiger partial charge in [-0.05, 0) is 41.0 Å². The minimum Gasteiger partial charge on any atom is -0.497 e. The van der Waals surface area contributed by atoms with Gasteiger partial charge in [0.05, 0.1) is 7.11 Å². The van der Waals surface area contributed by atoms with E-state index >= 15 is 0 Å². The highest BCUT2D eigenvalue weighted by Crippen LogP contribution is 2.35. The Bertz CT molecular complexity index is 1040. The van der Waals surface area contributed by atoms with Crippen molar-refractivity contribution in [2.45, 2.75) is 19.1 Å².